The number of hydrogen-bond donors (Lipinski definition) is 3. The summed E-state index contributed by atoms with van der Waals surface area (Å²) in [5.41, 5.74) is 1.10. The molecule has 0 aliphatic heterocycles. The molecule has 0 aromatic heterocycles. The van der Waals surface area contributed by atoms with Gasteiger partial charge >= 0.3 is 0 Å². The molecule has 0 heterocycles. The highest BCUT2D eigenvalue weighted by atomic mass is 32.2. The van der Waals surface area contributed by atoms with Gasteiger partial charge in [-0.2, -0.15) is 0 Å². The second-order valence-corrected chi connectivity index (χ2v) is 6.38. The number of carbonyl (C=O) groups is 1. The van der Waals surface area contributed by atoms with Gasteiger partial charge in [0.25, 0.3) is 0 Å². The molecule has 0 fully saturated rings. The van der Waals surface area contributed by atoms with E-state index in [0.717, 1.165) is 0 Å². The Kier molecular flexibility index (Phi) is 5.22. The van der Waals surface area contributed by atoms with Crippen molar-refractivity contribution in [3.63, 3.8) is 0 Å². The van der Waals surface area contributed by atoms with E-state index in [-0.39, 0.29) is 10.6 Å². The average molecular weight is 348 g/mol. The number of carbonyl (C=O) groups excluding carboxylic acids is 1. The molecule has 4 N–H and O–H groups in total. The van der Waals surface area contributed by atoms with E-state index in [4.69, 9.17) is 9.88 Å². The number of primary sulfonamides is 1. The molecule has 0 unspecified atom stereocenters. The smallest absolute Gasteiger partial charge is 0.248 e. The number of anilines is 1. The molecule has 24 heavy (non-hydrogen) atoms. The van der Waals surface area contributed by atoms with E-state index in [9.17, 15) is 18.3 Å². The summed E-state index contributed by atoms with van der Waals surface area (Å²) in [5, 5.41) is 17.1. The fraction of sp³-hybridized carbons (Fsp3) is 0.0625. The number of rotatable bonds is 5. The molecule has 2 rings (SSSR count). The molecule has 0 saturated carbocycles. The highest BCUT2D eigenvalue weighted by molar-refractivity contribution is 7.89. The largest absolute Gasteiger partial charge is 0.504 e. The summed E-state index contributed by atoms with van der Waals surface area (Å²) >= 11 is 0. The summed E-state index contributed by atoms with van der Waals surface area (Å²) in [6, 6.07) is 10.2. The highest BCUT2D eigenvalue weighted by Gasteiger charge is 2.07. The van der Waals surface area contributed by atoms with Gasteiger partial charge in [-0.15, -0.1) is 0 Å². The van der Waals surface area contributed by atoms with Crippen molar-refractivity contribution in [2.75, 3.05) is 12.4 Å². The van der Waals surface area contributed by atoms with Crippen molar-refractivity contribution in [2.45, 2.75) is 4.90 Å². The highest BCUT2D eigenvalue weighted by Crippen LogP contribution is 2.26. The Hall–Kier alpha value is -2.84. The summed E-state index contributed by atoms with van der Waals surface area (Å²) < 4.78 is 27.3. The maximum Gasteiger partial charge on any atom is 0.248 e. The van der Waals surface area contributed by atoms with Gasteiger partial charge in [-0.3, -0.25) is 4.79 Å². The lowest BCUT2D eigenvalue weighted by Gasteiger charge is -2.04. The van der Waals surface area contributed by atoms with Crippen LogP contribution in [0.15, 0.2) is 53.4 Å². The van der Waals surface area contributed by atoms with E-state index in [2.05, 4.69) is 5.32 Å². The van der Waals surface area contributed by atoms with Crippen molar-refractivity contribution < 1.29 is 23.1 Å². The van der Waals surface area contributed by atoms with Gasteiger partial charge in [-0.05, 0) is 48.0 Å². The number of sulfonamides is 1. The first-order valence-corrected chi connectivity index (χ1v) is 8.33. The molecule has 1 amide bonds. The number of benzene rings is 2. The zero-order chi connectivity index (χ0) is 17.7. The van der Waals surface area contributed by atoms with Crippen LogP contribution in [0.3, 0.4) is 0 Å². The third kappa shape index (κ3) is 4.58. The molecule has 7 nitrogen and oxygen atoms in total. The number of nitrogens with one attached hydrogen (secondary N) is 1. The fourth-order valence-corrected chi connectivity index (χ4v) is 2.40. The quantitative estimate of drug-likeness (QED) is 0.711. The van der Waals surface area contributed by atoms with Gasteiger partial charge in [0, 0.05) is 11.8 Å². The first-order valence-electron chi connectivity index (χ1n) is 6.78. The van der Waals surface area contributed by atoms with Gasteiger partial charge in [0.1, 0.15) is 0 Å². The standard InChI is InChI=1S/C16H16N2O5S/c1-23-15-10-11(2-8-14(15)19)3-9-16(20)18-12-4-6-13(7-5-12)24(17,21)22/h2-10,19H,1H3,(H,18,20)(H2,17,21,22)/b9-3+. The van der Waals surface area contributed by atoms with Crippen LogP contribution >= 0.6 is 0 Å². The average Bonchev–Trinajstić information content (AvgIpc) is 2.53. The monoisotopic (exact) mass is 348 g/mol. The van der Waals surface area contributed by atoms with Crippen LogP contribution in [0.5, 0.6) is 11.5 Å². The first-order chi connectivity index (χ1) is 11.3. The van der Waals surface area contributed by atoms with E-state index >= 15 is 0 Å². The Morgan fingerprint density at radius 3 is 2.46 bits per heavy atom. The van der Waals surface area contributed by atoms with Gasteiger partial charge in [0.05, 0.1) is 12.0 Å². The Morgan fingerprint density at radius 1 is 1.21 bits per heavy atom. The van der Waals surface area contributed by atoms with Gasteiger partial charge in [0.15, 0.2) is 11.5 Å². The van der Waals surface area contributed by atoms with Crippen molar-refractivity contribution >= 4 is 27.7 Å². The van der Waals surface area contributed by atoms with Gasteiger partial charge in [-0.1, -0.05) is 6.07 Å². The van der Waals surface area contributed by atoms with Crippen LogP contribution in [0.25, 0.3) is 6.08 Å². The molecule has 8 heteroatoms. The van der Waals surface area contributed by atoms with Crippen molar-refractivity contribution in [1.29, 1.82) is 0 Å². The maximum atomic E-state index is 11.9. The number of methoxy groups -OCH3 is 1. The first kappa shape index (κ1) is 17.5. The lowest BCUT2D eigenvalue weighted by Crippen LogP contribution is -2.12. The summed E-state index contributed by atoms with van der Waals surface area (Å²) in [6.45, 7) is 0. The van der Waals surface area contributed by atoms with Crippen LogP contribution in [0.2, 0.25) is 0 Å². The molecule has 0 aliphatic rings. The molecule has 0 aliphatic carbocycles. The number of hydrogen-bond acceptors (Lipinski definition) is 5. The lowest BCUT2D eigenvalue weighted by atomic mass is 10.2. The Morgan fingerprint density at radius 2 is 1.88 bits per heavy atom. The van der Waals surface area contributed by atoms with E-state index in [1.165, 1.54) is 43.5 Å². The van der Waals surface area contributed by atoms with Crippen molar-refractivity contribution in [1.82, 2.24) is 0 Å². The minimum atomic E-state index is -3.76. The molecule has 2 aromatic rings. The van der Waals surface area contributed by atoms with E-state index < -0.39 is 15.9 Å². The SMILES string of the molecule is COc1cc(/C=C/C(=O)Nc2ccc(S(N)(=O)=O)cc2)ccc1O. The number of aromatic hydroxyl groups is 1. The van der Waals surface area contributed by atoms with Crippen molar-refractivity contribution in [3.8, 4) is 11.5 Å². The zero-order valence-electron chi connectivity index (χ0n) is 12.8. The number of amides is 1. The summed E-state index contributed by atoms with van der Waals surface area (Å²) in [4.78, 5) is 11.8. The van der Waals surface area contributed by atoms with Crippen LogP contribution < -0.4 is 15.2 Å². The van der Waals surface area contributed by atoms with Crippen LogP contribution in [-0.4, -0.2) is 26.5 Å². The number of ether oxygens (including phenoxy) is 1. The third-order valence-electron chi connectivity index (χ3n) is 3.08. The topological polar surface area (TPSA) is 119 Å². The van der Waals surface area contributed by atoms with Crippen molar-refractivity contribution in [3.05, 3.63) is 54.1 Å². The normalized spacial score (nSPS) is 11.4. The summed E-state index contributed by atoms with van der Waals surface area (Å²) in [5.74, 6) is -0.0874. The molecule has 2 aromatic carbocycles. The Balaban J connectivity index is 2.05. The molecular weight excluding hydrogens is 332 g/mol. The maximum absolute atomic E-state index is 11.9. The zero-order valence-corrected chi connectivity index (χ0v) is 13.6. The summed E-state index contributed by atoms with van der Waals surface area (Å²) in [7, 11) is -2.33. The molecule has 0 radical (unpaired) electrons. The number of nitrogens with two attached hydrogens (primary N) is 1. The van der Waals surface area contributed by atoms with E-state index in [0.29, 0.717) is 17.0 Å². The van der Waals surface area contributed by atoms with E-state index in [1.807, 2.05) is 0 Å². The molecule has 0 saturated heterocycles. The minimum absolute atomic E-state index is 0.00838. The predicted molar refractivity (Wildman–Crippen MR) is 90.1 cm³/mol. The van der Waals surface area contributed by atoms with Gasteiger partial charge < -0.3 is 15.2 Å². The van der Waals surface area contributed by atoms with Crippen LogP contribution in [0, 0.1) is 0 Å². The van der Waals surface area contributed by atoms with Crippen LogP contribution in [0.1, 0.15) is 5.56 Å². The Labute approximate surface area is 139 Å². The van der Waals surface area contributed by atoms with Crippen LogP contribution in [0.4, 0.5) is 5.69 Å². The Bertz CT molecular complexity index is 874. The predicted octanol–water partition coefficient (Wildman–Crippen LogP) is 1.70. The van der Waals surface area contributed by atoms with Crippen LogP contribution in [-0.2, 0) is 14.8 Å². The molecule has 0 spiro atoms. The fourth-order valence-electron chi connectivity index (χ4n) is 1.88. The second-order valence-electron chi connectivity index (χ2n) is 4.82. The molecular formula is C16H16N2O5S. The second kappa shape index (κ2) is 7.16. The minimum Gasteiger partial charge on any atom is -0.504 e. The molecule has 0 bridgehead atoms. The van der Waals surface area contributed by atoms with Gasteiger partial charge in [0.2, 0.25) is 15.9 Å². The number of phenols is 1. The third-order valence-corrected chi connectivity index (χ3v) is 4.01. The summed E-state index contributed by atoms with van der Waals surface area (Å²) in [6.07, 6.45) is 2.86. The van der Waals surface area contributed by atoms with Gasteiger partial charge in [-0.25, -0.2) is 13.6 Å². The number of phenolic OH excluding ortho intramolecular Hbond substituents is 1. The van der Waals surface area contributed by atoms with E-state index in [1.54, 1.807) is 18.2 Å². The van der Waals surface area contributed by atoms with Crippen molar-refractivity contribution in [2.24, 2.45) is 5.14 Å². The lowest BCUT2D eigenvalue weighted by molar-refractivity contribution is -0.111. The molecule has 126 valence electrons. The molecule has 0 atom stereocenters.